The predicted molar refractivity (Wildman–Crippen MR) is 121 cm³/mol. The SMILES string of the molecule is CCCN(CC(=O)N1CCc2sccc2C1c1ccccc1)C(=O)c1ccc(F)cc1. The lowest BCUT2D eigenvalue weighted by Gasteiger charge is -2.37. The van der Waals surface area contributed by atoms with Gasteiger partial charge >= 0.3 is 0 Å². The van der Waals surface area contributed by atoms with Crippen LogP contribution in [0.15, 0.2) is 66.0 Å². The summed E-state index contributed by atoms with van der Waals surface area (Å²) in [7, 11) is 0. The number of fused-ring (bicyclic) bond motifs is 1. The molecular weight excluding hydrogens is 411 g/mol. The van der Waals surface area contributed by atoms with E-state index in [2.05, 4.69) is 11.4 Å². The van der Waals surface area contributed by atoms with Gasteiger partial charge in [0.2, 0.25) is 5.91 Å². The molecule has 160 valence electrons. The molecule has 1 unspecified atom stereocenters. The summed E-state index contributed by atoms with van der Waals surface area (Å²) in [6.45, 7) is 3.07. The fraction of sp³-hybridized carbons (Fsp3) is 0.280. The number of thiophene rings is 1. The van der Waals surface area contributed by atoms with Crippen molar-refractivity contribution in [3.05, 3.63) is 93.4 Å². The average Bonchev–Trinajstić information content (AvgIpc) is 3.27. The molecule has 0 N–H and O–H groups in total. The molecule has 2 heterocycles. The van der Waals surface area contributed by atoms with Gasteiger partial charge in [0, 0.05) is 23.5 Å². The first-order valence-electron chi connectivity index (χ1n) is 10.5. The highest BCUT2D eigenvalue weighted by Crippen LogP contribution is 2.37. The van der Waals surface area contributed by atoms with Crippen molar-refractivity contribution in [2.24, 2.45) is 0 Å². The van der Waals surface area contributed by atoms with Crippen molar-refractivity contribution in [1.29, 1.82) is 0 Å². The summed E-state index contributed by atoms with van der Waals surface area (Å²) in [5, 5.41) is 2.08. The first-order valence-corrected chi connectivity index (χ1v) is 11.4. The Balaban J connectivity index is 1.59. The molecule has 1 aliphatic rings. The third-order valence-corrected chi connectivity index (χ3v) is 6.60. The minimum absolute atomic E-state index is 0.00680. The van der Waals surface area contributed by atoms with Crippen molar-refractivity contribution in [3.8, 4) is 0 Å². The molecule has 0 spiro atoms. The summed E-state index contributed by atoms with van der Waals surface area (Å²) in [4.78, 5) is 31.2. The molecule has 1 aliphatic heterocycles. The molecule has 0 radical (unpaired) electrons. The van der Waals surface area contributed by atoms with Crippen molar-refractivity contribution in [3.63, 3.8) is 0 Å². The highest BCUT2D eigenvalue weighted by molar-refractivity contribution is 7.10. The predicted octanol–water partition coefficient (Wildman–Crippen LogP) is 4.91. The van der Waals surface area contributed by atoms with E-state index in [-0.39, 0.29) is 30.2 Å². The third-order valence-electron chi connectivity index (χ3n) is 5.60. The fourth-order valence-electron chi connectivity index (χ4n) is 4.13. The highest BCUT2D eigenvalue weighted by Gasteiger charge is 2.33. The van der Waals surface area contributed by atoms with E-state index in [1.807, 2.05) is 42.2 Å². The van der Waals surface area contributed by atoms with Gasteiger partial charge in [0.15, 0.2) is 0 Å². The molecule has 4 nitrogen and oxygen atoms in total. The van der Waals surface area contributed by atoms with Gasteiger partial charge in [-0.2, -0.15) is 0 Å². The van der Waals surface area contributed by atoms with E-state index >= 15 is 0 Å². The number of nitrogens with zero attached hydrogens (tertiary/aromatic N) is 2. The molecule has 0 saturated heterocycles. The normalized spacial score (nSPS) is 15.4. The molecule has 0 bridgehead atoms. The maximum Gasteiger partial charge on any atom is 0.254 e. The van der Waals surface area contributed by atoms with Crippen molar-refractivity contribution >= 4 is 23.2 Å². The lowest BCUT2D eigenvalue weighted by molar-refractivity contribution is -0.134. The van der Waals surface area contributed by atoms with Crippen LogP contribution in [0.3, 0.4) is 0 Å². The van der Waals surface area contributed by atoms with Crippen LogP contribution in [-0.2, 0) is 11.2 Å². The smallest absolute Gasteiger partial charge is 0.254 e. The van der Waals surface area contributed by atoms with Crippen LogP contribution in [0, 0.1) is 5.82 Å². The highest BCUT2D eigenvalue weighted by atomic mass is 32.1. The van der Waals surface area contributed by atoms with E-state index in [4.69, 9.17) is 0 Å². The second-order valence-corrected chi connectivity index (χ2v) is 8.68. The monoisotopic (exact) mass is 436 g/mol. The topological polar surface area (TPSA) is 40.6 Å². The number of hydrogen-bond acceptors (Lipinski definition) is 3. The maximum atomic E-state index is 13.5. The van der Waals surface area contributed by atoms with Gasteiger partial charge in [0.1, 0.15) is 12.4 Å². The molecular formula is C25H25FN2O2S. The Labute approximate surface area is 185 Å². The molecule has 1 aromatic heterocycles. The van der Waals surface area contributed by atoms with Crippen molar-refractivity contribution in [2.45, 2.75) is 25.8 Å². The summed E-state index contributed by atoms with van der Waals surface area (Å²) in [5.74, 6) is -0.713. The first-order chi connectivity index (χ1) is 15.1. The lowest BCUT2D eigenvalue weighted by Crippen LogP contribution is -2.47. The van der Waals surface area contributed by atoms with E-state index in [9.17, 15) is 14.0 Å². The largest absolute Gasteiger partial charge is 0.330 e. The van der Waals surface area contributed by atoms with Crippen LogP contribution in [0.5, 0.6) is 0 Å². The quantitative estimate of drug-likeness (QED) is 0.551. The van der Waals surface area contributed by atoms with E-state index in [1.165, 1.54) is 34.7 Å². The van der Waals surface area contributed by atoms with Crippen LogP contribution in [0.4, 0.5) is 4.39 Å². The minimum atomic E-state index is -0.389. The molecule has 2 aromatic carbocycles. The van der Waals surface area contributed by atoms with Crippen LogP contribution in [0.25, 0.3) is 0 Å². The maximum absolute atomic E-state index is 13.5. The first kappa shape index (κ1) is 21.2. The Morgan fingerprint density at radius 2 is 1.84 bits per heavy atom. The second-order valence-electron chi connectivity index (χ2n) is 7.68. The molecule has 0 aliphatic carbocycles. The van der Waals surface area contributed by atoms with Gasteiger partial charge in [-0.25, -0.2) is 4.39 Å². The Hall–Kier alpha value is -2.99. The van der Waals surface area contributed by atoms with Gasteiger partial charge in [-0.1, -0.05) is 37.3 Å². The van der Waals surface area contributed by atoms with Crippen molar-refractivity contribution < 1.29 is 14.0 Å². The summed E-state index contributed by atoms with van der Waals surface area (Å²) >= 11 is 1.73. The van der Waals surface area contributed by atoms with Gasteiger partial charge < -0.3 is 9.80 Å². The van der Waals surface area contributed by atoms with Crippen molar-refractivity contribution in [2.75, 3.05) is 19.6 Å². The number of hydrogen-bond donors (Lipinski definition) is 0. The van der Waals surface area contributed by atoms with Crippen LogP contribution >= 0.6 is 11.3 Å². The third kappa shape index (κ3) is 4.54. The molecule has 0 fully saturated rings. The number of rotatable bonds is 6. The Morgan fingerprint density at radius 1 is 1.10 bits per heavy atom. The molecule has 31 heavy (non-hydrogen) atoms. The van der Waals surface area contributed by atoms with E-state index in [0.717, 1.165) is 18.4 Å². The van der Waals surface area contributed by atoms with Gasteiger partial charge in [-0.05, 0) is 59.7 Å². The van der Waals surface area contributed by atoms with Crippen molar-refractivity contribution in [1.82, 2.24) is 9.80 Å². The van der Waals surface area contributed by atoms with Crippen LogP contribution in [0.1, 0.15) is 45.7 Å². The molecule has 2 amide bonds. The molecule has 0 saturated carbocycles. The fourth-order valence-corrected chi connectivity index (χ4v) is 5.04. The van der Waals surface area contributed by atoms with E-state index < -0.39 is 0 Å². The Morgan fingerprint density at radius 3 is 2.55 bits per heavy atom. The molecule has 4 rings (SSSR count). The minimum Gasteiger partial charge on any atom is -0.330 e. The van der Waals surface area contributed by atoms with Gasteiger partial charge in [0.25, 0.3) is 5.91 Å². The average molecular weight is 437 g/mol. The Kier molecular flexibility index (Phi) is 6.47. The van der Waals surface area contributed by atoms with Crippen LogP contribution in [0.2, 0.25) is 0 Å². The second kappa shape index (κ2) is 9.43. The summed E-state index contributed by atoms with van der Waals surface area (Å²) in [6.07, 6.45) is 1.55. The molecule has 6 heteroatoms. The van der Waals surface area contributed by atoms with E-state index in [0.29, 0.717) is 18.7 Å². The Bertz CT molecular complexity index is 1050. The van der Waals surface area contributed by atoms with Crippen LogP contribution < -0.4 is 0 Å². The number of carbonyl (C=O) groups is 2. The summed E-state index contributed by atoms with van der Waals surface area (Å²) in [6, 6.07) is 17.5. The summed E-state index contributed by atoms with van der Waals surface area (Å²) in [5.41, 5.74) is 2.63. The standard InChI is InChI=1S/C25H25FN2O2S/c1-2-14-27(25(30)19-8-10-20(26)11-9-19)17-23(29)28-15-12-22-21(13-16-31-22)24(28)18-6-4-3-5-7-18/h3-11,13,16,24H,2,12,14-15,17H2,1H3. The number of carbonyl (C=O) groups excluding carboxylic acids is 2. The molecule has 3 aromatic rings. The van der Waals surface area contributed by atoms with Gasteiger partial charge in [-0.3, -0.25) is 9.59 Å². The number of benzene rings is 2. The number of amides is 2. The zero-order chi connectivity index (χ0) is 21.8. The zero-order valence-electron chi connectivity index (χ0n) is 17.5. The van der Waals surface area contributed by atoms with Crippen LogP contribution in [-0.4, -0.2) is 41.2 Å². The number of halogens is 1. The lowest BCUT2D eigenvalue weighted by atomic mass is 9.93. The molecule has 1 atom stereocenters. The zero-order valence-corrected chi connectivity index (χ0v) is 18.3. The summed E-state index contributed by atoms with van der Waals surface area (Å²) < 4.78 is 13.3. The van der Waals surface area contributed by atoms with E-state index in [1.54, 1.807) is 16.2 Å². The van der Waals surface area contributed by atoms with Gasteiger partial charge in [0.05, 0.1) is 6.04 Å². The van der Waals surface area contributed by atoms with Gasteiger partial charge in [-0.15, -0.1) is 11.3 Å².